The summed E-state index contributed by atoms with van der Waals surface area (Å²) in [5.41, 5.74) is 0. The van der Waals surface area contributed by atoms with Crippen LogP contribution >= 0.6 is 11.8 Å². The van der Waals surface area contributed by atoms with Crippen LogP contribution in [-0.4, -0.2) is 62.4 Å². The summed E-state index contributed by atoms with van der Waals surface area (Å²) < 4.78 is 1.78. The van der Waals surface area contributed by atoms with Crippen molar-refractivity contribution < 1.29 is 4.79 Å². The molecule has 1 saturated heterocycles. The van der Waals surface area contributed by atoms with Crippen LogP contribution in [0.1, 0.15) is 32.1 Å². The standard InChI is InChI=1S/C13H22N6OS/c20-12(18-7-2-1-3-8-18)10-21-13-15-16-17-19(13)9-6-14-11-4-5-11/h11,14H,1-10H2. The van der Waals surface area contributed by atoms with Crippen LogP contribution < -0.4 is 5.32 Å². The molecule has 2 fully saturated rings. The van der Waals surface area contributed by atoms with Gasteiger partial charge in [-0.05, 0) is 42.5 Å². The van der Waals surface area contributed by atoms with Crippen molar-refractivity contribution in [3.05, 3.63) is 0 Å². The highest BCUT2D eigenvalue weighted by atomic mass is 32.2. The number of carbonyl (C=O) groups excluding carboxylic acids is 1. The van der Waals surface area contributed by atoms with E-state index in [1.54, 1.807) is 4.68 Å². The van der Waals surface area contributed by atoms with Gasteiger partial charge in [0, 0.05) is 25.7 Å². The number of amides is 1. The van der Waals surface area contributed by atoms with Crippen LogP contribution in [0.15, 0.2) is 5.16 Å². The van der Waals surface area contributed by atoms with E-state index in [0.29, 0.717) is 11.8 Å². The number of thioether (sulfide) groups is 1. The first-order chi connectivity index (χ1) is 10.3. The van der Waals surface area contributed by atoms with Gasteiger partial charge >= 0.3 is 0 Å². The van der Waals surface area contributed by atoms with Crippen molar-refractivity contribution in [3.8, 4) is 0 Å². The SMILES string of the molecule is O=C(CSc1nnnn1CCNC1CC1)N1CCCCC1. The molecular weight excluding hydrogens is 288 g/mol. The van der Waals surface area contributed by atoms with Crippen molar-refractivity contribution in [2.45, 2.75) is 49.8 Å². The van der Waals surface area contributed by atoms with Crippen LogP contribution in [0.5, 0.6) is 0 Å². The average Bonchev–Trinajstić information content (AvgIpc) is 3.24. The molecule has 21 heavy (non-hydrogen) atoms. The molecule has 1 aromatic heterocycles. The molecule has 0 radical (unpaired) electrons. The minimum atomic E-state index is 0.199. The van der Waals surface area contributed by atoms with Crippen molar-refractivity contribution in [2.75, 3.05) is 25.4 Å². The zero-order valence-electron chi connectivity index (χ0n) is 12.2. The maximum absolute atomic E-state index is 12.1. The van der Waals surface area contributed by atoms with Crippen LogP contribution in [0.4, 0.5) is 0 Å². The van der Waals surface area contributed by atoms with E-state index in [-0.39, 0.29) is 5.91 Å². The Labute approximate surface area is 128 Å². The van der Waals surface area contributed by atoms with Crippen LogP contribution in [0.25, 0.3) is 0 Å². The molecule has 7 nitrogen and oxygen atoms in total. The molecule has 0 aromatic carbocycles. The largest absolute Gasteiger partial charge is 0.342 e. The van der Waals surface area contributed by atoms with E-state index in [9.17, 15) is 4.79 Å². The molecule has 1 amide bonds. The van der Waals surface area contributed by atoms with E-state index in [4.69, 9.17) is 0 Å². The summed E-state index contributed by atoms with van der Waals surface area (Å²) in [4.78, 5) is 14.1. The first-order valence-electron chi connectivity index (χ1n) is 7.73. The summed E-state index contributed by atoms with van der Waals surface area (Å²) in [6.07, 6.45) is 6.05. The molecule has 8 heteroatoms. The lowest BCUT2D eigenvalue weighted by Gasteiger charge is -2.26. The Balaban J connectivity index is 1.43. The Bertz CT molecular complexity index is 469. The molecule has 1 N–H and O–H groups in total. The Morgan fingerprint density at radius 3 is 2.86 bits per heavy atom. The lowest BCUT2D eigenvalue weighted by Crippen LogP contribution is -2.36. The summed E-state index contributed by atoms with van der Waals surface area (Å²) in [7, 11) is 0. The van der Waals surface area contributed by atoms with E-state index < -0.39 is 0 Å². The van der Waals surface area contributed by atoms with Crippen LogP contribution in [0, 0.1) is 0 Å². The van der Waals surface area contributed by atoms with Gasteiger partial charge in [-0.3, -0.25) is 4.79 Å². The average molecular weight is 310 g/mol. The molecule has 0 bridgehead atoms. The van der Waals surface area contributed by atoms with Gasteiger partial charge in [0.15, 0.2) is 0 Å². The number of tetrazole rings is 1. The number of aromatic nitrogens is 4. The zero-order valence-corrected chi connectivity index (χ0v) is 13.0. The van der Waals surface area contributed by atoms with Crippen molar-refractivity contribution in [2.24, 2.45) is 0 Å². The highest BCUT2D eigenvalue weighted by molar-refractivity contribution is 7.99. The van der Waals surface area contributed by atoms with Gasteiger partial charge in [0.25, 0.3) is 0 Å². The van der Waals surface area contributed by atoms with Gasteiger partial charge in [0.05, 0.1) is 12.3 Å². The Morgan fingerprint density at radius 1 is 1.29 bits per heavy atom. The maximum atomic E-state index is 12.1. The molecule has 2 heterocycles. The van der Waals surface area contributed by atoms with Gasteiger partial charge in [0.2, 0.25) is 11.1 Å². The number of carbonyl (C=O) groups is 1. The molecule has 116 valence electrons. The smallest absolute Gasteiger partial charge is 0.233 e. The molecular formula is C13H22N6OS. The fourth-order valence-electron chi connectivity index (χ4n) is 2.46. The monoisotopic (exact) mass is 310 g/mol. The number of hydrogen-bond acceptors (Lipinski definition) is 6. The first kappa shape index (κ1) is 14.8. The van der Waals surface area contributed by atoms with Crippen LogP contribution in [-0.2, 0) is 11.3 Å². The molecule has 3 rings (SSSR count). The van der Waals surface area contributed by atoms with Gasteiger partial charge < -0.3 is 10.2 Å². The Morgan fingerprint density at radius 2 is 2.10 bits per heavy atom. The second-order valence-electron chi connectivity index (χ2n) is 5.64. The molecule has 1 aliphatic heterocycles. The number of nitrogens with one attached hydrogen (secondary N) is 1. The zero-order chi connectivity index (χ0) is 14.5. The number of rotatable bonds is 7. The molecule has 1 aromatic rings. The highest BCUT2D eigenvalue weighted by Gasteiger charge is 2.20. The Hall–Kier alpha value is -1.15. The third-order valence-electron chi connectivity index (χ3n) is 3.87. The van der Waals surface area contributed by atoms with Gasteiger partial charge in [0.1, 0.15) is 0 Å². The molecule has 2 aliphatic rings. The fourth-order valence-corrected chi connectivity index (χ4v) is 3.27. The molecule has 0 atom stereocenters. The first-order valence-corrected chi connectivity index (χ1v) is 8.71. The summed E-state index contributed by atoms with van der Waals surface area (Å²) in [6, 6.07) is 0.693. The minimum absolute atomic E-state index is 0.199. The van der Waals surface area contributed by atoms with Gasteiger partial charge in [-0.2, -0.15) is 0 Å². The molecule has 1 aliphatic carbocycles. The predicted molar refractivity (Wildman–Crippen MR) is 80.0 cm³/mol. The van der Waals surface area contributed by atoms with Crippen molar-refractivity contribution in [1.29, 1.82) is 0 Å². The summed E-state index contributed by atoms with van der Waals surface area (Å²) in [5.74, 6) is 0.626. The van der Waals surface area contributed by atoms with Gasteiger partial charge in [-0.1, -0.05) is 11.8 Å². The van der Waals surface area contributed by atoms with Gasteiger partial charge in [-0.25, -0.2) is 4.68 Å². The molecule has 0 spiro atoms. The normalized spacial score (nSPS) is 19.0. The minimum Gasteiger partial charge on any atom is -0.342 e. The second-order valence-corrected chi connectivity index (χ2v) is 6.59. The number of hydrogen-bond donors (Lipinski definition) is 1. The predicted octanol–water partition coefficient (Wildman–Crippen LogP) is 0.530. The molecule has 1 saturated carbocycles. The van der Waals surface area contributed by atoms with Gasteiger partial charge in [-0.15, -0.1) is 5.10 Å². The number of piperidine rings is 1. The third kappa shape index (κ3) is 4.41. The molecule has 0 unspecified atom stereocenters. The summed E-state index contributed by atoms with van der Waals surface area (Å²) >= 11 is 1.44. The third-order valence-corrected chi connectivity index (χ3v) is 4.81. The quantitative estimate of drug-likeness (QED) is 0.740. The van der Waals surface area contributed by atoms with Crippen molar-refractivity contribution >= 4 is 17.7 Å². The second kappa shape index (κ2) is 7.22. The van der Waals surface area contributed by atoms with E-state index in [1.165, 1.54) is 31.0 Å². The maximum Gasteiger partial charge on any atom is 0.233 e. The van der Waals surface area contributed by atoms with E-state index in [2.05, 4.69) is 20.8 Å². The highest BCUT2D eigenvalue weighted by Crippen LogP contribution is 2.19. The van der Waals surface area contributed by atoms with Crippen molar-refractivity contribution in [1.82, 2.24) is 30.4 Å². The number of likely N-dealkylation sites (tertiary alicyclic amines) is 1. The van der Waals surface area contributed by atoms with E-state index in [1.807, 2.05) is 4.90 Å². The van der Waals surface area contributed by atoms with E-state index >= 15 is 0 Å². The summed E-state index contributed by atoms with van der Waals surface area (Å²) in [6.45, 7) is 3.43. The Kier molecular flexibility index (Phi) is 5.08. The summed E-state index contributed by atoms with van der Waals surface area (Å²) in [5, 5.41) is 15.9. The van der Waals surface area contributed by atoms with E-state index in [0.717, 1.165) is 44.2 Å². The topological polar surface area (TPSA) is 75.9 Å². The van der Waals surface area contributed by atoms with Crippen LogP contribution in [0.2, 0.25) is 0 Å². The lowest BCUT2D eigenvalue weighted by atomic mass is 10.1. The number of nitrogens with zero attached hydrogens (tertiary/aromatic N) is 5. The van der Waals surface area contributed by atoms with Crippen molar-refractivity contribution in [3.63, 3.8) is 0 Å². The fraction of sp³-hybridized carbons (Fsp3) is 0.846. The lowest BCUT2D eigenvalue weighted by molar-refractivity contribution is -0.129. The van der Waals surface area contributed by atoms with Crippen LogP contribution in [0.3, 0.4) is 0 Å².